The van der Waals surface area contributed by atoms with E-state index in [4.69, 9.17) is 18.5 Å². The van der Waals surface area contributed by atoms with E-state index in [-0.39, 0.29) is 5.75 Å². The lowest BCUT2D eigenvalue weighted by Crippen LogP contribution is -2.43. The number of aromatic nitrogens is 2. The molecule has 1 aliphatic rings. The normalized spacial score (nSPS) is 24.0. The SMILES string of the molecule is Cc1ccc(-c2ccc(OP(=O)(NC(C)C(=O)OC(C)C)OCC3OC(n4ccc(=O)[nH]c4=O)C(C)(F)C3O)cc2)cc1. The van der Waals surface area contributed by atoms with Crippen LogP contribution in [0.4, 0.5) is 4.39 Å². The van der Waals surface area contributed by atoms with Crippen LogP contribution in [0.25, 0.3) is 11.1 Å². The molecule has 0 aliphatic carbocycles. The van der Waals surface area contributed by atoms with Crippen molar-refractivity contribution in [3.8, 4) is 16.9 Å². The van der Waals surface area contributed by atoms with E-state index in [0.717, 1.165) is 40.4 Å². The number of esters is 1. The number of benzene rings is 2. The third-order valence-electron chi connectivity index (χ3n) is 6.75. The number of aromatic amines is 1. The van der Waals surface area contributed by atoms with Crippen molar-refractivity contribution >= 4 is 13.7 Å². The lowest BCUT2D eigenvalue weighted by atomic mass is 9.98. The first-order chi connectivity index (χ1) is 20.2. The minimum Gasteiger partial charge on any atom is -0.462 e. The maximum atomic E-state index is 15.6. The Morgan fingerprint density at radius 2 is 1.72 bits per heavy atom. The highest BCUT2D eigenvalue weighted by molar-refractivity contribution is 7.52. The maximum absolute atomic E-state index is 15.6. The lowest BCUT2D eigenvalue weighted by molar-refractivity contribution is -0.149. The van der Waals surface area contributed by atoms with Gasteiger partial charge in [-0.25, -0.2) is 13.8 Å². The fraction of sp³-hybridized carbons (Fsp3) is 0.414. The van der Waals surface area contributed by atoms with Crippen LogP contribution in [0.3, 0.4) is 0 Å². The van der Waals surface area contributed by atoms with Crippen molar-refractivity contribution in [2.45, 2.75) is 70.9 Å². The summed E-state index contributed by atoms with van der Waals surface area (Å²) in [4.78, 5) is 38.2. The summed E-state index contributed by atoms with van der Waals surface area (Å²) < 4.78 is 52.5. The second-order valence-electron chi connectivity index (χ2n) is 10.8. The van der Waals surface area contributed by atoms with Gasteiger partial charge < -0.3 is 19.1 Å². The number of nitrogens with zero attached hydrogens (tertiary/aromatic N) is 1. The van der Waals surface area contributed by atoms with Crippen molar-refractivity contribution < 1.29 is 37.4 Å². The minimum atomic E-state index is -4.40. The van der Waals surface area contributed by atoms with Crippen LogP contribution < -0.4 is 20.9 Å². The zero-order valence-electron chi connectivity index (χ0n) is 24.4. The van der Waals surface area contributed by atoms with E-state index in [9.17, 15) is 24.1 Å². The second-order valence-corrected chi connectivity index (χ2v) is 12.4. The lowest BCUT2D eigenvalue weighted by Gasteiger charge is -2.25. The summed E-state index contributed by atoms with van der Waals surface area (Å²) in [5.41, 5.74) is -1.21. The number of halogens is 1. The Labute approximate surface area is 247 Å². The zero-order chi connectivity index (χ0) is 31.5. The van der Waals surface area contributed by atoms with Gasteiger partial charge in [-0.2, -0.15) is 5.09 Å². The molecular weight excluding hydrogens is 584 g/mol. The molecule has 232 valence electrons. The van der Waals surface area contributed by atoms with Crippen LogP contribution in [0.5, 0.6) is 5.75 Å². The fourth-order valence-electron chi connectivity index (χ4n) is 4.44. The van der Waals surface area contributed by atoms with Crippen molar-refractivity contribution in [3.63, 3.8) is 0 Å². The van der Waals surface area contributed by atoms with Crippen LogP contribution in [0.1, 0.15) is 39.5 Å². The van der Waals surface area contributed by atoms with Gasteiger partial charge in [-0.15, -0.1) is 0 Å². The highest BCUT2D eigenvalue weighted by Gasteiger charge is 2.56. The molecule has 0 radical (unpaired) electrons. The van der Waals surface area contributed by atoms with Gasteiger partial charge in [0.25, 0.3) is 5.56 Å². The van der Waals surface area contributed by atoms with E-state index >= 15 is 4.39 Å². The summed E-state index contributed by atoms with van der Waals surface area (Å²) in [5.74, 6) is -0.583. The predicted molar refractivity (Wildman–Crippen MR) is 155 cm³/mol. The van der Waals surface area contributed by atoms with Gasteiger partial charge in [0, 0.05) is 12.3 Å². The molecule has 12 nitrogen and oxygen atoms in total. The number of ether oxygens (including phenoxy) is 2. The van der Waals surface area contributed by atoms with Gasteiger partial charge in [0.05, 0.1) is 12.7 Å². The van der Waals surface area contributed by atoms with Crippen LogP contribution in [0.2, 0.25) is 0 Å². The number of H-pyrrole nitrogens is 1. The predicted octanol–water partition coefficient (Wildman–Crippen LogP) is 3.63. The number of nitrogens with one attached hydrogen (secondary N) is 2. The standard InChI is InChI=1S/C29H35FN3O9P/c1-17(2)40-26(36)19(4)32-43(38,42-22-12-10-21(11-13-22)20-8-6-18(3)7-9-20)39-16-23-25(35)29(5,30)27(41-23)33-15-14-24(34)31-28(33)37/h6-15,17,19,23,25,27,35H,16H2,1-5H3,(H,32,38)(H,31,34,37). The number of aryl methyl sites for hydroxylation is 1. The number of carbonyl (C=O) groups excluding carboxylic acids is 1. The highest BCUT2D eigenvalue weighted by Crippen LogP contribution is 2.47. The van der Waals surface area contributed by atoms with Crippen molar-refractivity contribution in [1.29, 1.82) is 0 Å². The largest absolute Gasteiger partial charge is 0.462 e. The maximum Gasteiger partial charge on any atom is 0.459 e. The van der Waals surface area contributed by atoms with Gasteiger partial charge in [0.2, 0.25) is 0 Å². The molecule has 0 bridgehead atoms. The molecular formula is C29H35FN3O9P. The molecule has 1 saturated heterocycles. The van der Waals surface area contributed by atoms with Gasteiger partial charge in [0.1, 0.15) is 24.0 Å². The number of alkyl halides is 1. The van der Waals surface area contributed by atoms with E-state index in [0.29, 0.717) is 0 Å². The first-order valence-corrected chi connectivity index (χ1v) is 15.2. The quantitative estimate of drug-likeness (QED) is 0.214. The average Bonchev–Trinajstić information content (AvgIpc) is 3.16. The monoisotopic (exact) mass is 619 g/mol. The Hall–Kier alpha value is -3.61. The van der Waals surface area contributed by atoms with Gasteiger partial charge >= 0.3 is 19.4 Å². The molecule has 0 saturated carbocycles. The van der Waals surface area contributed by atoms with Crippen molar-refractivity contribution in [1.82, 2.24) is 14.6 Å². The Bertz CT molecular complexity index is 1590. The Balaban J connectivity index is 1.55. The average molecular weight is 620 g/mol. The van der Waals surface area contributed by atoms with E-state index in [1.807, 2.05) is 36.2 Å². The van der Waals surface area contributed by atoms with E-state index in [1.165, 1.54) is 6.92 Å². The summed E-state index contributed by atoms with van der Waals surface area (Å²) in [6.45, 7) is 7.06. The molecule has 1 aliphatic heterocycles. The van der Waals surface area contributed by atoms with Crippen molar-refractivity contribution in [2.75, 3.05) is 6.61 Å². The van der Waals surface area contributed by atoms with Gasteiger partial charge in [0.15, 0.2) is 11.9 Å². The number of carbonyl (C=O) groups is 1. The fourth-order valence-corrected chi connectivity index (χ4v) is 5.94. The number of rotatable bonds is 11. The smallest absolute Gasteiger partial charge is 0.459 e. The highest BCUT2D eigenvalue weighted by atomic mass is 31.2. The van der Waals surface area contributed by atoms with E-state index in [1.54, 1.807) is 38.1 Å². The Morgan fingerprint density at radius 3 is 2.30 bits per heavy atom. The summed E-state index contributed by atoms with van der Waals surface area (Å²) in [5, 5.41) is 13.2. The van der Waals surface area contributed by atoms with Crippen LogP contribution in [0.15, 0.2) is 70.4 Å². The number of aliphatic hydroxyl groups excluding tert-OH is 1. The summed E-state index contributed by atoms with van der Waals surface area (Å²) >= 11 is 0. The molecule has 1 fully saturated rings. The number of aliphatic hydroxyl groups is 1. The zero-order valence-corrected chi connectivity index (χ0v) is 25.2. The molecule has 0 spiro atoms. The minimum absolute atomic E-state index is 0.136. The van der Waals surface area contributed by atoms with Crippen molar-refractivity contribution in [3.05, 3.63) is 87.2 Å². The molecule has 3 N–H and O–H groups in total. The van der Waals surface area contributed by atoms with Gasteiger partial charge in [-0.3, -0.25) is 23.7 Å². The van der Waals surface area contributed by atoms with Crippen LogP contribution in [-0.4, -0.2) is 57.3 Å². The Morgan fingerprint density at radius 1 is 1.12 bits per heavy atom. The molecule has 2 aromatic carbocycles. The van der Waals surface area contributed by atoms with E-state index < -0.39 is 67.8 Å². The number of hydrogen-bond acceptors (Lipinski definition) is 9. The summed E-state index contributed by atoms with van der Waals surface area (Å²) in [6.07, 6.45) is -4.29. The Kier molecular flexibility index (Phi) is 9.73. The summed E-state index contributed by atoms with van der Waals surface area (Å²) in [6, 6.07) is 14.4. The van der Waals surface area contributed by atoms with Gasteiger partial charge in [-0.1, -0.05) is 42.0 Å². The van der Waals surface area contributed by atoms with Crippen LogP contribution in [-0.2, 0) is 23.4 Å². The van der Waals surface area contributed by atoms with Crippen molar-refractivity contribution in [2.24, 2.45) is 0 Å². The molecule has 1 aromatic heterocycles. The van der Waals surface area contributed by atoms with Crippen LogP contribution in [0, 0.1) is 6.92 Å². The van der Waals surface area contributed by atoms with Crippen LogP contribution >= 0.6 is 7.75 Å². The molecule has 2 heterocycles. The molecule has 43 heavy (non-hydrogen) atoms. The molecule has 4 rings (SSSR count). The summed E-state index contributed by atoms with van der Waals surface area (Å²) in [7, 11) is -4.40. The topological polar surface area (TPSA) is 158 Å². The van der Waals surface area contributed by atoms with E-state index in [2.05, 4.69) is 5.09 Å². The second kappa shape index (κ2) is 12.9. The molecule has 3 aromatic rings. The third-order valence-corrected chi connectivity index (χ3v) is 8.40. The molecule has 0 amide bonds. The molecule has 6 unspecified atom stereocenters. The first-order valence-electron chi connectivity index (χ1n) is 13.6. The third kappa shape index (κ3) is 7.67. The first kappa shape index (κ1) is 32.3. The molecule has 6 atom stereocenters. The van der Waals surface area contributed by atoms with Gasteiger partial charge in [-0.05, 0) is 57.9 Å². The number of hydrogen-bond donors (Lipinski definition) is 3. The molecule has 14 heteroatoms.